The highest BCUT2D eigenvalue weighted by atomic mass is 15.3. The van der Waals surface area contributed by atoms with Crippen molar-refractivity contribution in [1.82, 2.24) is 15.1 Å². The van der Waals surface area contributed by atoms with Crippen LogP contribution in [-0.2, 0) is 6.42 Å². The van der Waals surface area contributed by atoms with Crippen molar-refractivity contribution in [3.63, 3.8) is 0 Å². The maximum absolute atomic E-state index is 4.47. The zero-order valence-electron chi connectivity index (χ0n) is 16.3. The van der Waals surface area contributed by atoms with Crippen LogP contribution >= 0.6 is 0 Å². The van der Waals surface area contributed by atoms with E-state index in [1.54, 1.807) is 0 Å². The Balaban J connectivity index is 1.32. The second-order valence-corrected chi connectivity index (χ2v) is 8.84. The van der Waals surface area contributed by atoms with Gasteiger partial charge in [-0.3, -0.25) is 4.90 Å². The molecule has 2 bridgehead atoms. The quantitative estimate of drug-likeness (QED) is 0.833. The van der Waals surface area contributed by atoms with Crippen LogP contribution in [0.3, 0.4) is 0 Å². The molecule has 0 amide bonds. The molecule has 0 N–H and O–H groups in total. The smallest absolute Gasteiger partial charge is 0.151 e. The van der Waals surface area contributed by atoms with Crippen LogP contribution in [0.4, 0.5) is 5.82 Å². The van der Waals surface area contributed by atoms with Gasteiger partial charge in [0.2, 0.25) is 0 Å². The molecule has 1 aromatic heterocycles. The van der Waals surface area contributed by atoms with Crippen LogP contribution in [-0.4, -0.2) is 46.8 Å². The first-order valence-electron chi connectivity index (χ1n) is 10.6. The Hall–Kier alpha value is -1.94. The van der Waals surface area contributed by atoms with Crippen molar-refractivity contribution in [3.05, 3.63) is 53.7 Å². The molecule has 0 radical (unpaired) electrons. The number of piperidine rings is 3. The summed E-state index contributed by atoms with van der Waals surface area (Å²) in [6.07, 6.45) is 6.72. The summed E-state index contributed by atoms with van der Waals surface area (Å²) in [7, 11) is 0. The number of aromatic nitrogens is 2. The molecule has 2 aromatic rings. The lowest BCUT2D eigenvalue weighted by Gasteiger charge is -2.55. The lowest BCUT2D eigenvalue weighted by molar-refractivity contribution is -0.0187. The number of rotatable bonds is 3. The van der Waals surface area contributed by atoms with Crippen LogP contribution in [0, 0.1) is 18.8 Å². The Morgan fingerprint density at radius 3 is 2.67 bits per heavy atom. The highest BCUT2D eigenvalue weighted by Crippen LogP contribution is 2.41. The van der Waals surface area contributed by atoms with Crippen molar-refractivity contribution >= 4 is 5.82 Å². The summed E-state index contributed by atoms with van der Waals surface area (Å²) >= 11 is 0. The number of nitrogens with zero attached hydrogens (tertiary/aromatic N) is 4. The van der Waals surface area contributed by atoms with E-state index in [4.69, 9.17) is 0 Å². The molecule has 0 saturated carbocycles. The van der Waals surface area contributed by atoms with Gasteiger partial charge in [-0.1, -0.05) is 36.8 Å². The molecule has 4 heteroatoms. The van der Waals surface area contributed by atoms with Crippen molar-refractivity contribution in [2.24, 2.45) is 11.8 Å². The van der Waals surface area contributed by atoms with Gasteiger partial charge in [-0.25, -0.2) is 0 Å². The maximum atomic E-state index is 4.47. The average molecular weight is 363 g/mol. The number of benzene rings is 1. The molecule has 1 aromatic carbocycles. The van der Waals surface area contributed by atoms with Gasteiger partial charge in [0.05, 0.1) is 5.69 Å². The number of hydrogen-bond acceptors (Lipinski definition) is 4. The third kappa shape index (κ3) is 3.47. The zero-order chi connectivity index (χ0) is 18.2. The van der Waals surface area contributed by atoms with Crippen LogP contribution < -0.4 is 4.90 Å². The number of fused-ring (bicyclic) bond motifs is 4. The summed E-state index contributed by atoms with van der Waals surface area (Å²) < 4.78 is 0. The lowest BCUT2D eigenvalue weighted by Crippen LogP contribution is -2.62. The minimum absolute atomic E-state index is 0.724. The predicted octanol–water partition coefficient (Wildman–Crippen LogP) is 3.71. The topological polar surface area (TPSA) is 32.3 Å². The number of anilines is 1. The summed E-state index contributed by atoms with van der Waals surface area (Å²) in [4.78, 5) is 5.40. The molecule has 4 heterocycles. The van der Waals surface area contributed by atoms with Gasteiger partial charge in [-0.2, -0.15) is 5.10 Å². The molecule has 3 aliphatic heterocycles. The molecule has 4 atom stereocenters. The van der Waals surface area contributed by atoms with E-state index in [1.807, 2.05) is 6.92 Å². The minimum Gasteiger partial charge on any atom is -0.354 e. The predicted molar refractivity (Wildman–Crippen MR) is 109 cm³/mol. The van der Waals surface area contributed by atoms with Crippen molar-refractivity contribution in [2.45, 2.75) is 51.1 Å². The van der Waals surface area contributed by atoms with E-state index in [9.17, 15) is 0 Å². The van der Waals surface area contributed by atoms with E-state index in [0.717, 1.165) is 48.5 Å². The van der Waals surface area contributed by atoms with Gasteiger partial charge in [0.1, 0.15) is 0 Å². The highest BCUT2D eigenvalue weighted by Gasteiger charge is 2.44. The fourth-order valence-electron chi connectivity index (χ4n) is 5.76. The minimum atomic E-state index is 0.724. The van der Waals surface area contributed by atoms with Gasteiger partial charge in [0.25, 0.3) is 0 Å². The third-order valence-corrected chi connectivity index (χ3v) is 6.94. The monoisotopic (exact) mass is 362 g/mol. The number of hydrogen-bond donors (Lipinski definition) is 0. The molecular formula is C23H30N4. The van der Waals surface area contributed by atoms with Crippen LogP contribution in [0.2, 0.25) is 0 Å². The summed E-state index contributed by atoms with van der Waals surface area (Å²) in [6.45, 7) is 5.55. The van der Waals surface area contributed by atoms with Gasteiger partial charge >= 0.3 is 0 Å². The van der Waals surface area contributed by atoms with E-state index in [-0.39, 0.29) is 0 Å². The Bertz CT molecular complexity index is 760. The van der Waals surface area contributed by atoms with Crippen molar-refractivity contribution in [2.75, 3.05) is 24.5 Å². The van der Waals surface area contributed by atoms with Gasteiger partial charge in [-0.15, -0.1) is 5.10 Å². The molecule has 0 spiro atoms. The van der Waals surface area contributed by atoms with Gasteiger partial charge in [0.15, 0.2) is 5.82 Å². The van der Waals surface area contributed by atoms with Gasteiger partial charge in [0, 0.05) is 31.7 Å². The summed E-state index contributed by atoms with van der Waals surface area (Å²) in [5, 5.41) is 8.75. The summed E-state index contributed by atoms with van der Waals surface area (Å²) in [5.74, 6) is 2.61. The first-order valence-corrected chi connectivity index (χ1v) is 10.6. The molecule has 3 fully saturated rings. The number of aryl methyl sites for hydroxylation is 1. The van der Waals surface area contributed by atoms with Crippen LogP contribution in [0.5, 0.6) is 0 Å². The normalized spacial score (nSPS) is 30.8. The molecule has 0 aliphatic carbocycles. The van der Waals surface area contributed by atoms with Gasteiger partial charge < -0.3 is 4.90 Å². The molecule has 27 heavy (non-hydrogen) atoms. The highest BCUT2D eigenvalue weighted by molar-refractivity contribution is 5.38. The van der Waals surface area contributed by atoms with Crippen LogP contribution in [0.25, 0.3) is 0 Å². The van der Waals surface area contributed by atoms with E-state index < -0.39 is 0 Å². The molecular weight excluding hydrogens is 332 g/mol. The second-order valence-electron chi connectivity index (χ2n) is 8.84. The first-order chi connectivity index (χ1) is 13.3. The second kappa shape index (κ2) is 7.23. The molecule has 5 rings (SSSR count). The molecule has 0 unspecified atom stereocenters. The fourth-order valence-corrected chi connectivity index (χ4v) is 5.76. The molecule has 3 aliphatic rings. The Kier molecular flexibility index (Phi) is 4.60. The van der Waals surface area contributed by atoms with Crippen molar-refractivity contribution in [1.29, 1.82) is 0 Å². The Morgan fingerprint density at radius 1 is 0.963 bits per heavy atom. The average Bonchev–Trinajstić information content (AvgIpc) is 2.70. The standard InChI is InChI=1S/C23H30N4/c1-17-10-11-23(25-24-17)26-14-19-12-20(16-26)22-9-5-8-21(27(22)15-19)13-18-6-3-2-4-7-18/h2-4,6-7,10-11,19-22H,5,8-9,12-16H2,1H3/t19-,20+,21+,22-/m0/s1. The first kappa shape index (κ1) is 17.2. The lowest BCUT2D eigenvalue weighted by atomic mass is 9.74. The Morgan fingerprint density at radius 2 is 1.85 bits per heavy atom. The summed E-state index contributed by atoms with van der Waals surface area (Å²) in [5.41, 5.74) is 2.49. The molecule has 3 saturated heterocycles. The molecule has 142 valence electrons. The van der Waals surface area contributed by atoms with Crippen LogP contribution in [0.1, 0.15) is 36.9 Å². The van der Waals surface area contributed by atoms with E-state index in [0.29, 0.717) is 0 Å². The van der Waals surface area contributed by atoms with Crippen molar-refractivity contribution in [3.8, 4) is 0 Å². The molecule has 4 nitrogen and oxygen atoms in total. The summed E-state index contributed by atoms with van der Waals surface area (Å²) in [6, 6.07) is 16.8. The van der Waals surface area contributed by atoms with E-state index >= 15 is 0 Å². The Labute approximate surface area is 162 Å². The fraction of sp³-hybridized carbons (Fsp3) is 0.565. The van der Waals surface area contributed by atoms with E-state index in [1.165, 1.54) is 44.2 Å². The van der Waals surface area contributed by atoms with Crippen molar-refractivity contribution < 1.29 is 0 Å². The SMILES string of the molecule is Cc1ccc(N2C[C@@H]3C[C@H](C2)[C@@H]2CCC[C@H](Cc4ccccc4)N2C3)nn1. The largest absolute Gasteiger partial charge is 0.354 e. The third-order valence-electron chi connectivity index (χ3n) is 6.94. The van der Waals surface area contributed by atoms with E-state index in [2.05, 4.69) is 62.5 Å². The maximum Gasteiger partial charge on any atom is 0.151 e. The zero-order valence-corrected chi connectivity index (χ0v) is 16.3. The van der Waals surface area contributed by atoms with Crippen LogP contribution in [0.15, 0.2) is 42.5 Å². The van der Waals surface area contributed by atoms with Gasteiger partial charge in [-0.05, 0) is 62.1 Å².